The maximum Gasteiger partial charge on any atom is 0.407 e. The molecule has 0 atom stereocenters. The average molecular weight is 387 g/mol. The molecule has 2 aromatic carbocycles. The van der Waals surface area contributed by atoms with E-state index in [0.29, 0.717) is 5.56 Å². The van der Waals surface area contributed by atoms with Crippen molar-refractivity contribution in [3.63, 3.8) is 0 Å². The third kappa shape index (κ3) is 5.80. The lowest BCUT2D eigenvalue weighted by Crippen LogP contribution is -2.33. The highest BCUT2D eigenvalue weighted by atomic mass is 16.6. The Kier molecular flexibility index (Phi) is 7.03. The minimum absolute atomic E-state index is 0.0721. The third-order valence-electron chi connectivity index (χ3n) is 3.52. The quantitative estimate of drug-likeness (QED) is 0.422. The highest BCUT2D eigenvalue weighted by molar-refractivity contribution is 6.02. The molecule has 0 fully saturated rings. The second-order valence-corrected chi connectivity index (χ2v) is 5.44. The highest BCUT2D eigenvalue weighted by Gasteiger charge is 2.14. The van der Waals surface area contributed by atoms with Crippen molar-refractivity contribution in [3.8, 4) is 0 Å². The van der Waals surface area contributed by atoms with Crippen LogP contribution in [0.15, 0.2) is 48.5 Å². The lowest BCUT2D eigenvalue weighted by molar-refractivity contribution is -0.384. The van der Waals surface area contributed by atoms with Gasteiger partial charge in [0.2, 0.25) is 5.91 Å². The number of benzene rings is 2. The summed E-state index contributed by atoms with van der Waals surface area (Å²) in [5, 5.41) is 15.3. The molecule has 10 heteroatoms. The van der Waals surface area contributed by atoms with Gasteiger partial charge in [0.1, 0.15) is 13.2 Å². The Balaban J connectivity index is 1.80. The number of carbonyl (C=O) groups is 3. The van der Waals surface area contributed by atoms with Gasteiger partial charge in [-0.2, -0.15) is 0 Å². The van der Waals surface area contributed by atoms with Crippen LogP contribution in [0.5, 0.6) is 0 Å². The van der Waals surface area contributed by atoms with Crippen LogP contribution in [0.3, 0.4) is 0 Å². The van der Waals surface area contributed by atoms with Crippen LogP contribution in [0.4, 0.5) is 16.2 Å². The van der Waals surface area contributed by atoms with Gasteiger partial charge in [-0.05, 0) is 29.8 Å². The molecule has 10 nitrogen and oxygen atoms in total. The summed E-state index contributed by atoms with van der Waals surface area (Å²) in [6.07, 6.45) is -0.838. The van der Waals surface area contributed by atoms with Crippen molar-refractivity contribution >= 4 is 29.3 Å². The zero-order valence-electron chi connectivity index (χ0n) is 14.8. The van der Waals surface area contributed by atoms with Gasteiger partial charge in [-0.3, -0.25) is 14.9 Å². The number of methoxy groups -OCH3 is 1. The zero-order valence-corrected chi connectivity index (χ0v) is 14.8. The molecular formula is C18H17N3O7. The number of anilines is 1. The number of ether oxygens (including phenoxy) is 2. The Morgan fingerprint density at radius 2 is 1.75 bits per heavy atom. The molecule has 0 spiro atoms. The Morgan fingerprint density at radius 1 is 1.07 bits per heavy atom. The molecule has 0 saturated carbocycles. The summed E-state index contributed by atoms with van der Waals surface area (Å²) >= 11 is 0. The number of hydrogen-bond acceptors (Lipinski definition) is 7. The number of rotatable bonds is 7. The molecule has 0 aliphatic heterocycles. The van der Waals surface area contributed by atoms with Gasteiger partial charge in [-0.15, -0.1) is 0 Å². The van der Waals surface area contributed by atoms with Crippen molar-refractivity contribution in [2.45, 2.75) is 6.61 Å². The van der Waals surface area contributed by atoms with Gasteiger partial charge in [0.25, 0.3) is 5.69 Å². The van der Waals surface area contributed by atoms with Gasteiger partial charge in [0, 0.05) is 12.1 Å². The van der Waals surface area contributed by atoms with Crippen LogP contribution in [0.25, 0.3) is 0 Å². The molecule has 0 aromatic heterocycles. The van der Waals surface area contributed by atoms with E-state index in [1.54, 1.807) is 12.1 Å². The van der Waals surface area contributed by atoms with E-state index in [2.05, 4.69) is 15.4 Å². The van der Waals surface area contributed by atoms with E-state index in [0.717, 1.165) is 0 Å². The van der Waals surface area contributed by atoms with Gasteiger partial charge < -0.3 is 20.1 Å². The number of nitro benzene ring substituents is 1. The first-order valence-electron chi connectivity index (χ1n) is 8.02. The predicted molar refractivity (Wildman–Crippen MR) is 97.7 cm³/mol. The number of non-ortho nitro benzene ring substituents is 1. The number of alkyl carbamates (subject to hydrolysis) is 1. The highest BCUT2D eigenvalue weighted by Crippen LogP contribution is 2.16. The molecule has 0 aliphatic rings. The summed E-state index contributed by atoms with van der Waals surface area (Å²) < 4.78 is 9.57. The van der Waals surface area contributed by atoms with Crippen molar-refractivity contribution in [1.82, 2.24) is 5.32 Å². The molecule has 0 bridgehead atoms. The minimum Gasteiger partial charge on any atom is -0.465 e. The first-order chi connectivity index (χ1) is 13.4. The molecule has 0 radical (unpaired) electrons. The van der Waals surface area contributed by atoms with Gasteiger partial charge in [0.05, 0.1) is 23.3 Å². The summed E-state index contributed by atoms with van der Waals surface area (Å²) in [6.45, 7) is -0.495. The van der Waals surface area contributed by atoms with E-state index in [1.165, 1.54) is 43.5 Å². The number of nitro groups is 1. The van der Waals surface area contributed by atoms with E-state index in [1.807, 2.05) is 0 Å². The normalized spacial score (nSPS) is 9.89. The topological polar surface area (TPSA) is 137 Å². The lowest BCUT2D eigenvalue weighted by Gasteiger charge is -2.10. The largest absolute Gasteiger partial charge is 0.465 e. The van der Waals surface area contributed by atoms with Crippen molar-refractivity contribution in [2.75, 3.05) is 19.0 Å². The fourth-order valence-electron chi connectivity index (χ4n) is 2.14. The van der Waals surface area contributed by atoms with Crippen molar-refractivity contribution < 1.29 is 28.8 Å². The first-order valence-corrected chi connectivity index (χ1v) is 8.02. The zero-order chi connectivity index (χ0) is 20.5. The van der Waals surface area contributed by atoms with Gasteiger partial charge in [-0.25, -0.2) is 9.59 Å². The van der Waals surface area contributed by atoms with Crippen LogP contribution in [0.2, 0.25) is 0 Å². The summed E-state index contributed by atoms with van der Waals surface area (Å²) in [7, 11) is 1.23. The molecule has 2 amide bonds. The summed E-state index contributed by atoms with van der Waals surface area (Å²) in [5.41, 5.74) is 0.911. The molecule has 2 rings (SSSR count). The number of esters is 1. The van der Waals surface area contributed by atoms with Crippen LogP contribution in [-0.2, 0) is 20.9 Å². The molecule has 146 valence electrons. The fraction of sp³-hybridized carbons (Fsp3) is 0.167. The number of nitrogens with zero attached hydrogens (tertiary/aromatic N) is 1. The Bertz CT molecular complexity index is 881. The predicted octanol–water partition coefficient (Wildman–Crippen LogP) is 2.25. The van der Waals surface area contributed by atoms with Crippen LogP contribution in [-0.4, -0.2) is 36.5 Å². The SMILES string of the molecule is COC(=O)c1ccccc1NC(=O)CNC(=O)OCc1ccc([N+](=O)[O-])cc1. The van der Waals surface area contributed by atoms with E-state index >= 15 is 0 Å². The monoisotopic (exact) mass is 387 g/mol. The maximum atomic E-state index is 12.0. The lowest BCUT2D eigenvalue weighted by atomic mass is 10.2. The first kappa shape index (κ1) is 20.4. The van der Waals surface area contributed by atoms with Crippen molar-refractivity contribution in [1.29, 1.82) is 0 Å². The van der Waals surface area contributed by atoms with Crippen LogP contribution in [0, 0.1) is 10.1 Å². The average Bonchev–Trinajstić information content (AvgIpc) is 2.70. The van der Waals surface area contributed by atoms with E-state index in [9.17, 15) is 24.5 Å². The van der Waals surface area contributed by atoms with E-state index < -0.39 is 22.9 Å². The Labute approximate surface area is 159 Å². The fourth-order valence-corrected chi connectivity index (χ4v) is 2.14. The van der Waals surface area contributed by atoms with Crippen molar-refractivity contribution in [2.24, 2.45) is 0 Å². The Morgan fingerprint density at radius 3 is 2.39 bits per heavy atom. The maximum absolute atomic E-state index is 12.0. The number of carbonyl (C=O) groups excluding carboxylic acids is 3. The standard InChI is InChI=1S/C18H17N3O7/c1-27-17(23)14-4-2-3-5-15(14)20-16(22)10-19-18(24)28-11-12-6-8-13(9-7-12)21(25)26/h2-9H,10-11H2,1H3,(H,19,24)(H,20,22). The Hall–Kier alpha value is -3.95. The third-order valence-corrected chi connectivity index (χ3v) is 3.52. The van der Waals surface area contributed by atoms with Crippen LogP contribution < -0.4 is 10.6 Å². The van der Waals surface area contributed by atoms with Gasteiger partial charge in [-0.1, -0.05) is 12.1 Å². The second-order valence-electron chi connectivity index (χ2n) is 5.44. The number of hydrogen-bond donors (Lipinski definition) is 2. The molecule has 0 saturated heterocycles. The van der Waals surface area contributed by atoms with Crippen molar-refractivity contribution in [3.05, 3.63) is 69.8 Å². The molecule has 0 unspecified atom stereocenters. The summed E-state index contributed by atoms with van der Waals surface area (Å²) in [6, 6.07) is 11.8. The smallest absolute Gasteiger partial charge is 0.407 e. The van der Waals surface area contributed by atoms with Gasteiger partial charge >= 0.3 is 12.1 Å². The molecule has 2 aromatic rings. The van der Waals surface area contributed by atoms with E-state index in [4.69, 9.17) is 4.74 Å². The minimum atomic E-state index is -0.838. The molecule has 2 N–H and O–H groups in total. The molecule has 0 aliphatic carbocycles. The summed E-state index contributed by atoms with van der Waals surface area (Å²) in [4.78, 5) is 45.3. The second kappa shape index (κ2) is 9.67. The number of nitrogens with one attached hydrogen (secondary N) is 2. The van der Waals surface area contributed by atoms with Crippen LogP contribution >= 0.6 is 0 Å². The van der Waals surface area contributed by atoms with Crippen LogP contribution in [0.1, 0.15) is 15.9 Å². The number of para-hydroxylation sites is 1. The summed E-state index contributed by atoms with van der Waals surface area (Å²) in [5.74, 6) is -1.17. The molecular weight excluding hydrogens is 370 g/mol. The number of amides is 2. The molecule has 0 heterocycles. The van der Waals surface area contributed by atoms with E-state index in [-0.39, 0.29) is 30.1 Å². The molecule has 28 heavy (non-hydrogen) atoms. The van der Waals surface area contributed by atoms with Gasteiger partial charge in [0.15, 0.2) is 0 Å².